The van der Waals surface area contributed by atoms with Crippen LogP contribution in [0.2, 0.25) is 5.02 Å². The molecule has 0 spiro atoms. The van der Waals surface area contributed by atoms with Crippen molar-refractivity contribution in [2.45, 2.75) is 44.2 Å². The van der Waals surface area contributed by atoms with Crippen molar-refractivity contribution >= 4 is 40.0 Å². The Morgan fingerprint density at radius 1 is 0.971 bits per heavy atom. The molecule has 1 aromatic heterocycles. The Balaban J connectivity index is 1.48. The minimum atomic E-state index is -0.454. The van der Waals surface area contributed by atoms with E-state index in [1.54, 1.807) is 26.4 Å². The Morgan fingerprint density at radius 3 is 2.32 bits per heavy atom. The molecule has 1 aliphatic heterocycles. The van der Waals surface area contributed by atoms with Crippen molar-refractivity contribution in [1.29, 1.82) is 0 Å². The second-order valence-electron chi connectivity index (χ2n) is 8.90. The van der Waals surface area contributed by atoms with Gasteiger partial charge in [-0.3, -0.25) is 0 Å². The monoisotopic (exact) mass is 485 g/mol. The topological polar surface area (TPSA) is 71.5 Å². The van der Waals surface area contributed by atoms with E-state index >= 15 is 0 Å². The Labute approximate surface area is 203 Å². The number of aromatic nitrogens is 2. The third-order valence-corrected chi connectivity index (χ3v) is 6.96. The molecule has 0 atom stereocenters. The zero-order valence-corrected chi connectivity index (χ0v) is 20.2. The molecule has 9 heteroatoms. The van der Waals surface area contributed by atoms with Crippen LogP contribution in [0, 0.1) is 5.82 Å². The number of nitrogens with zero attached hydrogens (tertiary/aromatic N) is 3. The number of rotatable bonds is 7. The first-order valence-corrected chi connectivity index (χ1v) is 12.1. The minimum absolute atomic E-state index is 0.286. The first kappa shape index (κ1) is 22.9. The van der Waals surface area contributed by atoms with Crippen LogP contribution in [0.25, 0.3) is 10.9 Å². The maximum absolute atomic E-state index is 14.6. The van der Waals surface area contributed by atoms with Crippen LogP contribution in [0.1, 0.15) is 32.1 Å². The Hall–Kier alpha value is -2.84. The van der Waals surface area contributed by atoms with E-state index in [4.69, 9.17) is 31.0 Å². The van der Waals surface area contributed by atoms with E-state index < -0.39 is 5.82 Å². The molecule has 1 saturated heterocycles. The molecular formula is C25H29ClFN5O2. The number of anilines is 3. The van der Waals surface area contributed by atoms with Crippen LogP contribution in [0.5, 0.6) is 11.5 Å². The molecule has 0 radical (unpaired) electrons. The molecule has 180 valence electrons. The van der Waals surface area contributed by atoms with Crippen molar-refractivity contribution in [3.8, 4) is 11.5 Å². The highest BCUT2D eigenvalue weighted by atomic mass is 35.5. The summed E-state index contributed by atoms with van der Waals surface area (Å²) in [5.41, 5.74) is 0.975. The normalized spacial score (nSPS) is 17.0. The molecule has 1 saturated carbocycles. The SMILES string of the molecule is COc1cc2nc(N3CCC(NC4CCC4)CC3)nc(Nc3ccc(Cl)cc3F)c2cc1OC. The molecule has 2 fully saturated rings. The average molecular weight is 486 g/mol. The molecule has 0 amide bonds. The van der Waals surface area contributed by atoms with Gasteiger partial charge in [0.25, 0.3) is 0 Å². The number of halogens is 2. The van der Waals surface area contributed by atoms with E-state index in [-0.39, 0.29) is 5.69 Å². The third kappa shape index (κ3) is 4.70. The number of fused-ring (bicyclic) bond motifs is 1. The summed E-state index contributed by atoms with van der Waals surface area (Å²) >= 11 is 5.94. The maximum Gasteiger partial charge on any atom is 0.227 e. The van der Waals surface area contributed by atoms with Crippen LogP contribution in [0.4, 0.5) is 21.8 Å². The number of hydrogen-bond donors (Lipinski definition) is 2. The van der Waals surface area contributed by atoms with Crippen molar-refractivity contribution in [2.75, 3.05) is 37.5 Å². The molecule has 34 heavy (non-hydrogen) atoms. The Morgan fingerprint density at radius 2 is 1.68 bits per heavy atom. The van der Waals surface area contributed by atoms with Gasteiger partial charge in [0.15, 0.2) is 11.5 Å². The van der Waals surface area contributed by atoms with E-state index in [2.05, 4.69) is 15.5 Å². The standard InChI is InChI=1S/C25H29ClFN5O2/c1-33-22-13-18-21(14-23(22)34-2)30-25(31-24(18)29-20-7-6-15(26)12-19(20)27)32-10-8-17(9-11-32)28-16-4-3-5-16/h6-7,12-14,16-17,28H,3-5,8-11H2,1-2H3,(H,29,30,31). The number of piperidine rings is 1. The van der Waals surface area contributed by atoms with Crippen LogP contribution in [0.3, 0.4) is 0 Å². The van der Waals surface area contributed by atoms with Gasteiger partial charge in [-0.05, 0) is 49.9 Å². The quantitative estimate of drug-likeness (QED) is 0.471. The summed E-state index contributed by atoms with van der Waals surface area (Å²) in [5.74, 6) is 1.78. The van der Waals surface area contributed by atoms with E-state index in [0.717, 1.165) is 25.9 Å². The lowest BCUT2D eigenvalue weighted by Crippen LogP contribution is -2.48. The van der Waals surface area contributed by atoms with Crippen molar-refractivity contribution in [2.24, 2.45) is 0 Å². The lowest BCUT2D eigenvalue weighted by atomic mass is 9.91. The van der Waals surface area contributed by atoms with Crippen molar-refractivity contribution in [3.05, 3.63) is 41.2 Å². The first-order chi connectivity index (χ1) is 16.5. The van der Waals surface area contributed by atoms with Gasteiger partial charge in [0.2, 0.25) is 5.95 Å². The van der Waals surface area contributed by atoms with E-state index in [1.807, 2.05) is 12.1 Å². The summed E-state index contributed by atoms with van der Waals surface area (Å²) in [5, 5.41) is 7.96. The van der Waals surface area contributed by atoms with Gasteiger partial charge >= 0.3 is 0 Å². The van der Waals surface area contributed by atoms with Gasteiger partial charge < -0.3 is 25.0 Å². The third-order valence-electron chi connectivity index (χ3n) is 6.73. The van der Waals surface area contributed by atoms with E-state index in [1.165, 1.54) is 25.3 Å². The summed E-state index contributed by atoms with van der Waals surface area (Å²) in [4.78, 5) is 11.8. The van der Waals surface area contributed by atoms with Gasteiger partial charge in [-0.1, -0.05) is 18.0 Å². The molecule has 3 aromatic rings. The lowest BCUT2D eigenvalue weighted by molar-refractivity contribution is 0.279. The fourth-order valence-corrected chi connectivity index (χ4v) is 4.71. The number of methoxy groups -OCH3 is 2. The van der Waals surface area contributed by atoms with Crippen LogP contribution < -0.4 is 25.0 Å². The largest absolute Gasteiger partial charge is 0.493 e. The summed E-state index contributed by atoms with van der Waals surface area (Å²) in [6.45, 7) is 1.72. The molecule has 2 aromatic carbocycles. The number of nitrogens with one attached hydrogen (secondary N) is 2. The lowest BCUT2D eigenvalue weighted by Gasteiger charge is -2.37. The van der Waals surface area contributed by atoms with Gasteiger partial charge in [-0.15, -0.1) is 0 Å². The predicted octanol–water partition coefficient (Wildman–Crippen LogP) is 5.29. The molecule has 0 bridgehead atoms. The van der Waals surface area contributed by atoms with Crippen LogP contribution in [0.15, 0.2) is 30.3 Å². The van der Waals surface area contributed by atoms with Crippen molar-refractivity contribution < 1.29 is 13.9 Å². The summed E-state index contributed by atoms with van der Waals surface area (Å²) in [7, 11) is 3.17. The second kappa shape index (κ2) is 9.80. The fraction of sp³-hybridized carbons (Fsp3) is 0.440. The summed E-state index contributed by atoms with van der Waals surface area (Å²) in [6.07, 6.45) is 5.99. The van der Waals surface area contributed by atoms with Crippen molar-refractivity contribution in [1.82, 2.24) is 15.3 Å². The zero-order valence-electron chi connectivity index (χ0n) is 19.4. The van der Waals surface area contributed by atoms with E-state index in [9.17, 15) is 4.39 Å². The number of ether oxygens (including phenoxy) is 2. The minimum Gasteiger partial charge on any atom is -0.493 e. The molecule has 5 rings (SSSR count). The fourth-order valence-electron chi connectivity index (χ4n) is 4.55. The Bertz CT molecular complexity index is 1180. The zero-order chi connectivity index (χ0) is 23.7. The predicted molar refractivity (Wildman–Crippen MR) is 133 cm³/mol. The first-order valence-electron chi connectivity index (χ1n) is 11.7. The van der Waals surface area contributed by atoms with Crippen molar-refractivity contribution in [3.63, 3.8) is 0 Å². The molecule has 2 N–H and O–H groups in total. The number of benzene rings is 2. The summed E-state index contributed by atoms with van der Waals surface area (Å²) < 4.78 is 25.5. The van der Waals surface area contributed by atoms with Crippen LogP contribution in [-0.4, -0.2) is 49.4 Å². The highest BCUT2D eigenvalue weighted by Gasteiger charge is 2.26. The van der Waals surface area contributed by atoms with Crippen LogP contribution in [-0.2, 0) is 0 Å². The molecule has 1 aliphatic carbocycles. The molecule has 7 nitrogen and oxygen atoms in total. The van der Waals surface area contributed by atoms with Gasteiger partial charge in [0.05, 0.1) is 25.4 Å². The highest BCUT2D eigenvalue weighted by Crippen LogP contribution is 2.36. The van der Waals surface area contributed by atoms with Gasteiger partial charge in [-0.2, -0.15) is 4.98 Å². The molecule has 2 aliphatic rings. The van der Waals surface area contributed by atoms with Crippen LogP contribution >= 0.6 is 11.6 Å². The van der Waals surface area contributed by atoms with Gasteiger partial charge in [0.1, 0.15) is 11.6 Å². The van der Waals surface area contributed by atoms with E-state index in [0.29, 0.717) is 51.3 Å². The summed E-state index contributed by atoms with van der Waals surface area (Å²) in [6, 6.07) is 9.37. The number of hydrogen-bond acceptors (Lipinski definition) is 7. The van der Waals surface area contributed by atoms with Gasteiger partial charge in [0, 0.05) is 41.6 Å². The average Bonchev–Trinajstić information content (AvgIpc) is 2.82. The highest BCUT2D eigenvalue weighted by molar-refractivity contribution is 6.30. The smallest absolute Gasteiger partial charge is 0.227 e. The second-order valence-corrected chi connectivity index (χ2v) is 9.34. The maximum atomic E-state index is 14.6. The molecular weight excluding hydrogens is 457 g/mol. The Kier molecular flexibility index (Phi) is 6.61. The van der Waals surface area contributed by atoms with Gasteiger partial charge in [-0.25, -0.2) is 9.37 Å². The molecule has 2 heterocycles. The molecule has 0 unspecified atom stereocenters.